The molecule has 1 saturated heterocycles. The number of anilines is 1. The minimum Gasteiger partial charge on any atom is -0.481 e. The molecule has 0 bridgehead atoms. The highest BCUT2D eigenvalue weighted by Crippen LogP contribution is 2.32. The molecule has 32 heavy (non-hydrogen) atoms. The number of allylic oxidation sites excluding steroid dienone is 2. The first-order valence-corrected chi connectivity index (χ1v) is 10.9. The summed E-state index contributed by atoms with van der Waals surface area (Å²) in [7, 11) is 1.53. The van der Waals surface area contributed by atoms with Gasteiger partial charge >= 0.3 is 5.97 Å². The number of rotatable bonds is 9. The van der Waals surface area contributed by atoms with Crippen LogP contribution in [0.3, 0.4) is 0 Å². The third kappa shape index (κ3) is 6.16. The Balaban J connectivity index is 1.81. The molecule has 0 radical (unpaired) electrons. The van der Waals surface area contributed by atoms with Crippen LogP contribution in [0.25, 0.3) is 5.70 Å². The van der Waals surface area contributed by atoms with E-state index in [1.807, 2.05) is 0 Å². The molecule has 1 aliphatic carbocycles. The van der Waals surface area contributed by atoms with Gasteiger partial charge in [0.05, 0.1) is 5.70 Å². The number of aliphatic imine (C=N–C) groups is 1. The molecule has 2 aliphatic rings. The van der Waals surface area contributed by atoms with Crippen molar-refractivity contribution in [2.45, 2.75) is 44.6 Å². The zero-order valence-electron chi connectivity index (χ0n) is 18.4. The van der Waals surface area contributed by atoms with Crippen LogP contribution in [0, 0.1) is 17.6 Å². The van der Waals surface area contributed by atoms with Gasteiger partial charge in [-0.2, -0.15) is 0 Å². The summed E-state index contributed by atoms with van der Waals surface area (Å²) in [5, 5.41) is 8.95. The van der Waals surface area contributed by atoms with E-state index in [0.29, 0.717) is 37.5 Å². The van der Waals surface area contributed by atoms with Crippen LogP contribution in [0.5, 0.6) is 0 Å². The molecule has 1 N–H and O–H groups in total. The molecule has 6 nitrogen and oxygen atoms in total. The second kappa shape index (κ2) is 11.2. The predicted molar refractivity (Wildman–Crippen MR) is 120 cm³/mol. The summed E-state index contributed by atoms with van der Waals surface area (Å²) in [5.41, 5.74) is 0.512. The Morgan fingerprint density at radius 1 is 1.25 bits per heavy atom. The van der Waals surface area contributed by atoms with Crippen molar-refractivity contribution in [2.24, 2.45) is 10.9 Å². The largest absolute Gasteiger partial charge is 0.481 e. The summed E-state index contributed by atoms with van der Waals surface area (Å²) in [6, 6.07) is 2.52. The highest BCUT2D eigenvalue weighted by Gasteiger charge is 2.26. The van der Waals surface area contributed by atoms with Crippen LogP contribution in [0.2, 0.25) is 0 Å². The maximum Gasteiger partial charge on any atom is 0.303 e. The molecular formula is C24H30F2N2O4. The van der Waals surface area contributed by atoms with Crippen molar-refractivity contribution in [3.63, 3.8) is 0 Å². The van der Waals surface area contributed by atoms with Gasteiger partial charge < -0.3 is 19.5 Å². The van der Waals surface area contributed by atoms with Crippen LogP contribution in [0.1, 0.15) is 44.1 Å². The average Bonchev–Trinajstić information content (AvgIpc) is 2.70. The molecule has 1 aromatic rings. The van der Waals surface area contributed by atoms with E-state index in [1.165, 1.54) is 25.3 Å². The van der Waals surface area contributed by atoms with Crippen LogP contribution in [0.4, 0.5) is 14.5 Å². The van der Waals surface area contributed by atoms with E-state index in [-0.39, 0.29) is 36.3 Å². The Labute approximate surface area is 187 Å². The van der Waals surface area contributed by atoms with Crippen molar-refractivity contribution in [1.29, 1.82) is 0 Å². The maximum absolute atomic E-state index is 15.0. The molecule has 0 amide bonds. The van der Waals surface area contributed by atoms with Gasteiger partial charge in [-0.25, -0.2) is 13.8 Å². The molecule has 3 rings (SSSR count). The number of benzene rings is 1. The lowest BCUT2D eigenvalue weighted by Gasteiger charge is -2.33. The highest BCUT2D eigenvalue weighted by molar-refractivity contribution is 5.85. The van der Waals surface area contributed by atoms with Crippen molar-refractivity contribution in [3.05, 3.63) is 48.1 Å². The third-order valence-corrected chi connectivity index (χ3v) is 5.85. The number of carboxylic acids is 1. The first kappa shape index (κ1) is 23.9. The molecule has 1 saturated carbocycles. The maximum atomic E-state index is 15.0. The summed E-state index contributed by atoms with van der Waals surface area (Å²) in [5.74, 6) is -1.83. The van der Waals surface area contributed by atoms with E-state index in [0.717, 1.165) is 19.3 Å². The van der Waals surface area contributed by atoms with E-state index in [9.17, 15) is 4.79 Å². The number of hydrogen-bond acceptors (Lipinski definition) is 5. The summed E-state index contributed by atoms with van der Waals surface area (Å²) >= 11 is 0. The normalized spacial score (nSPS) is 18.4. The first-order chi connectivity index (χ1) is 15.4. The van der Waals surface area contributed by atoms with E-state index in [4.69, 9.17) is 14.6 Å². The second-order valence-corrected chi connectivity index (χ2v) is 8.21. The van der Waals surface area contributed by atoms with Crippen LogP contribution in [0.15, 0.2) is 35.9 Å². The lowest BCUT2D eigenvalue weighted by atomic mass is 9.93. The van der Waals surface area contributed by atoms with Gasteiger partial charge in [0.25, 0.3) is 0 Å². The topological polar surface area (TPSA) is 71.4 Å². The number of methoxy groups -OCH3 is 1. The van der Waals surface area contributed by atoms with Gasteiger partial charge in [-0.15, -0.1) is 0 Å². The van der Waals surface area contributed by atoms with Gasteiger partial charge in [0.2, 0.25) is 5.90 Å². The van der Waals surface area contributed by atoms with Gasteiger partial charge in [-0.3, -0.25) is 4.79 Å². The molecule has 0 unspecified atom stereocenters. The number of halogens is 2. The SMILES string of the molecule is C=C/C=C(\N=C(/COC)OC1CCC1)c1cc(F)c(N2CCC(CC(=O)O)CC2)c(F)c1. The number of aliphatic carboxylic acids is 1. The monoisotopic (exact) mass is 448 g/mol. The number of carboxylic acid groups (broad SMARTS) is 1. The Kier molecular flexibility index (Phi) is 8.39. The summed E-state index contributed by atoms with van der Waals surface area (Å²) < 4.78 is 41.1. The summed E-state index contributed by atoms with van der Waals surface area (Å²) in [6.45, 7) is 4.64. The molecule has 0 aromatic heterocycles. The molecule has 1 aliphatic heterocycles. The molecule has 0 spiro atoms. The van der Waals surface area contributed by atoms with Gasteiger partial charge in [-0.05, 0) is 56.2 Å². The molecule has 174 valence electrons. The number of ether oxygens (including phenoxy) is 2. The Hall–Kier alpha value is -2.74. The second-order valence-electron chi connectivity index (χ2n) is 8.21. The third-order valence-electron chi connectivity index (χ3n) is 5.85. The minimum absolute atomic E-state index is 0.0282. The van der Waals surface area contributed by atoms with E-state index < -0.39 is 17.6 Å². The molecule has 2 fully saturated rings. The quantitative estimate of drug-likeness (QED) is 0.334. The van der Waals surface area contributed by atoms with Gasteiger partial charge in [-0.1, -0.05) is 12.7 Å². The van der Waals surface area contributed by atoms with Gasteiger partial charge in [0.15, 0.2) is 0 Å². The number of hydrogen-bond donors (Lipinski definition) is 1. The van der Waals surface area contributed by atoms with Crippen molar-refractivity contribution >= 4 is 23.3 Å². The Morgan fingerprint density at radius 3 is 2.41 bits per heavy atom. The predicted octanol–water partition coefficient (Wildman–Crippen LogP) is 4.80. The first-order valence-electron chi connectivity index (χ1n) is 10.9. The number of piperidine rings is 1. The fourth-order valence-electron chi connectivity index (χ4n) is 3.96. The van der Waals surface area contributed by atoms with Gasteiger partial charge in [0, 0.05) is 32.2 Å². The summed E-state index contributed by atoms with van der Waals surface area (Å²) in [4.78, 5) is 17.0. The zero-order valence-corrected chi connectivity index (χ0v) is 18.4. The zero-order chi connectivity index (χ0) is 23.1. The average molecular weight is 449 g/mol. The molecular weight excluding hydrogens is 418 g/mol. The number of carbonyl (C=O) groups is 1. The number of nitrogens with zero attached hydrogens (tertiary/aromatic N) is 2. The lowest BCUT2D eigenvalue weighted by molar-refractivity contribution is -0.138. The van der Waals surface area contributed by atoms with Crippen molar-refractivity contribution < 1.29 is 28.2 Å². The molecule has 8 heteroatoms. The minimum atomic E-state index is -0.846. The Morgan fingerprint density at radius 2 is 1.91 bits per heavy atom. The highest BCUT2D eigenvalue weighted by atomic mass is 19.1. The Bertz CT molecular complexity index is 865. The van der Waals surface area contributed by atoms with Crippen molar-refractivity contribution in [3.8, 4) is 0 Å². The lowest BCUT2D eigenvalue weighted by Crippen LogP contribution is -2.35. The van der Waals surface area contributed by atoms with Crippen LogP contribution in [-0.4, -0.2) is 49.9 Å². The van der Waals surface area contributed by atoms with E-state index in [2.05, 4.69) is 11.6 Å². The molecule has 0 atom stereocenters. The molecule has 1 heterocycles. The molecule has 1 aromatic carbocycles. The van der Waals surface area contributed by atoms with E-state index in [1.54, 1.807) is 11.0 Å². The fourth-order valence-corrected chi connectivity index (χ4v) is 3.96. The smallest absolute Gasteiger partial charge is 0.303 e. The summed E-state index contributed by atoms with van der Waals surface area (Å²) in [6.07, 6.45) is 7.41. The standard InChI is InChI=1S/C24H30F2N2O4/c1-3-5-21(27-22(15-31-2)32-18-6-4-7-18)17-13-19(25)24(20(26)14-17)28-10-8-16(9-11-28)12-23(29)30/h3,5,13-14,16,18H,1,4,6-12,15H2,2H3,(H,29,30)/b21-5-,27-22+. The van der Waals surface area contributed by atoms with E-state index >= 15 is 8.78 Å². The van der Waals surface area contributed by atoms with Crippen molar-refractivity contribution in [2.75, 3.05) is 31.7 Å². The van der Waals surface area contributed by atoms with Gasteiger partial charge in [0.1, 0.15) is 30.0 Å². The van der Waals surface area contributed by atoms with Crippen molar-refractivity contribution in [1.82, 2.24) is 0 Å². The fraction of sp³-hybridized carbons (Fsp3) is 0.500. The van der Waals surface area contributed by atoms with Crippen LogP contribution < -0.4 is 4.90 Å². The van der Waals surface area contributed by atoms with Crippen LogP contribution in [-0.2, 0) is 14.3 Å². The van der Waals surface area contributed by atoms with Crippen LogP contribution >= 0.6 is 0 Å².